The van der Waals surface area contributed by atoms with Crippen LogP contribution in [0.3, 0.4) is 0 Å². The number of carbonyl (C=O) groups is 1. The fourth-order valence-corrected chi connectivity index (χ4v) is 3.87. The third kappa shape index (κ3) is 5.81. The normalized spacial score (nSPS) is 15.4. The van der Waals surface area contributed by atoms with Crippen LogP contribution in [0.5, 0.6) is 0 Å². The SMILES string of the molecule is CC(CCN1CCOCC1)NC(=O)Cc1cn(-c2ccccc2)nc1-c1ccc(F)cc1. The van der Waals surface area contributed by atoms with Gasteiger partial charge in [0.05, 0.1) is 31.0 Å². The Morgan fingerprint density at radius 1 is 1.12 bits per heavy atom. The van der Waals surface area contributed by atoms with Gasteiger partial charge in [0.2, 0.25) is 5.91 Å². The van der Waals surface area contributed by atoms with E-state index in [9.17, 15) is 9.18 Å². The zero-order valence-corrected chi connectivity index (χ0v) is 18.3. The van der Waals surface area contributed by atoms with E-state index in [1.165, 1.54) is 12.1 Å². The third-order valence-corrected chi connectivity index (χ3v) is 5.67. The predicted molar refractivity (Wildman–Crippen MR) is 122 cm³/mol. The highest BCUT2D eigenvalue weighted by Gasteiger charge is 2.18. The van der Waals surface area contributed by atoms with Crippen molar-refractivity contribution < 1.29 is 13.9 Å². The van der Waals surface area contributed by atoms with Gasteiger partial charge in [-0.25, -0.2) is 9.07 Å². The summed E-state index contributed by atoms with van der Waals surface area (Å²) in [7, 11) is 0. The minimum atomic E-state index is -0.301. The first-order chi connectivity index (χ1) is 15.6. The summed E-state index contributed by atoms with van der Waals surface area (Å²) in [5, 5.41) is 7.82. The predicted octanol–water partition coefficient (Wildman–Crippen LogP) is 3.45. The van der Waals surface area contributed by atoms with Gasteiger partial charge in [0.1, 0.15) is 5.82 Å². The molecule has 7 heteroatoms. The zero-order valence-electron chi connectivity index (χ0n) is 18.3. The molecule has 1 atom stereocenters. The molecular formula is C25H29FN4O2. The molecule has 1 saturated heterocycles. The zero-order chi connectivity index (χ0) is 22.3. The first-order valence-electron chi connectivity index (χ1n) is 11.1. The molecule has 1 aliphatic heterocycles. The molecule has 1 fully saturated rings. The molecule has 1 N–H and O–H groups in total. The number of hydrogen-bond donors (Lipinski definition) is 1. The molecule has 1 amide bonds. The van der Waals surface area contributed by atoms with E-state index in [4.69, 9.17) is 9.84 Å². The van der Waals surface area contributed by atoms with Crippen molar-refractivity contribution in [3.63, 3.8) is 0 Å². The summed E-state index contributed by atoms with van der Waals surface area (Å²) in [5.74, 6) is -0.347. The average molecular weight is 437 g/mol. The van der Waals surface area contributed by atoms with Gasteiger partial charge in [-0.2, -0.15) is 5.10 Å². The highest BCUT2D eigenvalue weighted by atomic mass is 19.1. The van der Waals surface area contributed by atoms with Crippen molar-refractivity contribution in [2.45, 2.75) is 25.8 Å². The topological polar surface area (TPSA) is 59.4 Å². The summed E-state index contributed by atoms with van der Waals surface area (Å²) in [6.07, 6.45) is 2.98. The van der Waals surface area contributed by atoms with Gasteiger partial charge < -0.3 is 10.1 Å². The lowest BCUT2D eigenvalue weighted by Crippen LogP contribution is -2.40. The Morgan fingerprint density at radius 2 is 1.84 bits per heavy atom. The van der Waals surface area contributed by atoms with Crippen molar-refractivity contribution in [1.29, 1.82) is 0 Å². The van der Waals surface area contributed by atoms with Crippen LogP contribution in [0.1, 0.15) is 18.9 Å². The van der Waals surface area contributed by atoms with E-state index in [0.717, 1.165) is 56.1 Å². The molecule has 0 spiro atoms. The Bertz CT molecular complexity index is 1010. The third-order valence-electron chi connectivity index (χ3n) is 5.67. The first kappa shape index (κ1) is 22.2. The van der Waals surface area contributed by atoms with Crippen LogP contribution in [-0.2, 0) is 16.0 Å². The number of ether oxygens (including phenoxy) is 1. The maximum Gasteiger partial charge on any atom is 0.224 e. The van der Waals surface area contributed by atoms with E-state index < -0.39 is 0 Å². The Kier molecular flexibility index (Phi) is 7.29. The summed E-state index contributed by atoms with van der Waals surface area (Å²) in [4.78, 5) is 15.2. The van der Waals surface area contributed by atoms with Crippen molar-refractivity contribution in [3.05, 3.63) is 72.2 Å². The van der Waals surface area contributed by atoms with E-state index in [0.29, 0.717) is 5.69 Å². The van der Waals surface area contributed by atoms with Gasteiger partial charge in [-0.15, -0.1) is 0 Å². The highest BCUT2D eigenvalue weighted by Crippen LogP contribution is 2.24. The Balaban J connectivity index is 1.45. The minimum Gasteiger partial charge on any atom is -0.379 e. The quantitative estimate of drug-likeness (QED) is 0.588. The second-order valence-corrected chi connectivity index (χ2v) is 8.18. The second kappa shape index (κ2) is 10.5. The fourth-order valence-electron chi connectivity index (χ4n) is 3.87. The van der Waals surface area contributed by atoms with E-state index in [1.807, 2.05) is 43.5 Å². The largest absolute Gasteiger partial charge is 0.379 e. The molecule has 4 rings (SSSR count). The van der Waals surface area contributed by atoms with Crippen LogP contribution in [0.4, 0.5) is 4.39 Å². The van der Waals surface area contributed by atoms with Crippen LogP contribution in [0.25, 0.3) is 16.9 Å². The number of hydrogen-bond acceptors (Lipinski definition) is 4. The van der Waals surface area contributed by atoms with Gasteiger partial charge in [0, 0.05) is 43.0 Å². The molecule has 1 aliphatic rings. The Labute approximate surface area is 188 Å². The summed E-state index contributed by atoms with van der Waals surface area (Å²) < 4.78 is 20.6. The number of halogens is 1. The van der Waals surface area contributed by atoms with Crippen LogP contribution in [0.15, 0.2) is 60.8 Å². The van der Waals surface area contributed by atoms with Crippen LogP contribution in [-0.4, -0.2) is 59.5 Å². The molecule has 6 nitrogen and oxygen atoms in total. The molecule has 3 aromatic rings. The fraction of sp³-hybridized carbons (Fsp3) is 0.360. The van der Waals surface area contributed by atoms with Gasteiger partial charge in [0.25, 0.3) is 0 Å². The molecule has 1 aromatic heterocycles. The van der Waals surface area contributed by atoms with Gasteiger partial charge >= 0.3 is 0 Å². The van der Waals surface area contributed by atoms with Crippen LogP contribution >= 0.6 is 0 Å². The number of morpholine rings is 1. The molecule has 1 unspecified atom stereocenters. The molecular weight excluding hydrogens is 407 g/mol. The van der Waals surface area contributed by atoms with Gasteiger partial charge in [0.15, 0.2) is 0 Å². The molecule has 0 saturated carbocycles. The molecule has 0 aliphatic carbocycles. The second-order valence-electron chi connectivity index (χ2n) is 8.18. The molecule has 0 bridgehead atoms. The Morgan fingerprint density at radius 3 is 2.56 bits per heavy atom. The molecule has 2 aromatic carbocycles. The van der Waals surface area contributed by atoms with Crippen LogP contribution in [0, 0.1) is 5.82 Å². The monoisotopic (exact) mass is 436 g/mol. The lowest BCUT2D eigenvalue weighted by molar-refractivity contribution is -0.121. The minimum absolute atomic E-state index is 0.0459. The lowest BCUT2D eigenvalue weighted by Gasteiger charge is -2.27. The van der Waals surface area contributed by atoms with Crippen LogP contribution in [0.2, 0.25) is 0 Å². The standard InChI is InChI=1S/C25H29FN4O2/c1-19(11-12-29-13-15-32-16-14-29)27-24(31)17-21-18-30(23-5-3-2-4-6-23)28-25(21)20-7-9-22(26)10-8-20/h2-10,18-19H,11-17H2,1H3,(H,27,31). The number of aromatic nitrogens is 2. The molecule has 0 radical (unpaired) electrons. The maximum absolute atomic E-state index is 13.4. The highest BCUT2D eigenvalue weighted by molar-refractivity contribution is 5.81. The van der Waals surface area contributed by atoms with E-state index in [-0.39, 0.29) is 24.2 Å². The number of rotatable bonds is 8. The number of benzene rings is 2. The van der Waals surface area contributed by atoms with Crippen molar-refractivity contribution >= 4 is 5.91 Å². The maximum atomic E-state index is 13.4. The van der Waals surface area contributed by atoms with Crippen molar-refractivity contribution in [2.75, 3.05) is 32.8 Å². The first-order valence-corrected chi connectivity index (χ1v) is 11.1. The van der Waals surface area contributed by atoms with E-state index in [1.54, 1.807) is 16.8 Å². The number of para-hydroxylation sites is 1. The van der Waals surface area contributed by atoms with Crippen molar-refractivity contribution in [3.8, 4) is 16.9 Å². The lowest BCUT2D eigenvalue weighted by atomic mass is 10.1. The van der Waals surface area contributed by atoms with Crippen molar-refractivity contribution in [1.82, 2.24) is 20.0 Å². The average Bonchev–Trinajstić information content (AvgIpc) is 3.23. The number of carbonyl (C=O) groups excluding carboxylic acids is 1. The summed E-state index contributed by atoms with van der Waals surface area (Å²) in [6.45, 7) is 6.42. The Hall–Kier alpha value is -3.03. The summed E-state index contributed by atoms with van der Waals surface area (Å²) in [5.41, 5.74) is 3.17. The van der Waals surface area contributed by atoms with Gasteiger partial charge in [-0.3, -0.25) is 9.69 Å². The number of nitrogens with one attached hydrogen (secondary N) is 1. The van der Waals surface area contributed by atoms with Gasteiger partial charge in [-0.1, -0.05) is 18.2 Å². The molecule has 32 heavy (non-hydrogen) atoms. The van der Waals surface area contributed by atoms with Crippen molar-refractivity contribution in [2.24, 2.45) is 0 Å². The van der Waals surface area contributed by atoms with E-state index >= 15 is 0 Å². The molecule has 2 heterocycles. The summed E-state index contributed by atoms with van der Waals surface area (Å²) in [6, 6.07) is 16.0. The summed E-state index contributed by atoms with van der Waals surface area (Å²) >= 11 is 0. The molecule has 168 valence electrons. The number of amides is 1. The van der Waals surface area contributed by atoms with E-state index in [2.05, 4.69) is 10.2 Å². The van der Waals surface area contributed by atoms with Gasteiger partial charge in [-0.05, 0) is 49.7 Å². The van der Waals surface area contributed by atoms with Crippen LogP contribution < -0.4 is 5.32 Å². The number of nitrogens with zero attached hydrogens (tertiary/aromatic N) is 3. The smallest absolute Gasteiger partial charge is 0.224 e.